The Bertz CT molecular complexity index is 1590. The Morgan fingerprint density at radius 2 is 1.82 bits per heavy atom. The molecule has 198 valence electrons. The van der Waals surface area contributed by atoms with E-state index in [4.69, 9.17) is 10.5 Å². The normalized spacial score (nSPS) is 14.5. The Morgan fingerprint density at radius 3 is 2.54 bits per heavy atom. The van der Waals surface area contributed by atoms with Crippen LogP contribution in [0.2, 0.25) is 0 Å². The number of nitrogens with two attached hydrogens (primary N) is 1. The van der Waals surface area contributed by atoms with Crippen molar-refractivity contribution in [1.82, 2.24) is 14.8 Å². The Hall–Kier alpha value is -4.57. The summed E-state index contributed by atoms with van der Waals surface area (Å²) < 4.78 is 20.7. The molecule has 10 heteroatoms. The van der Waals surface area contributed by atoms with Crippen molar-refractivity contribution < 1.29 is 18.7 Å². The Morgan fingerprint density at radius 1 is 1.05 bits per heavy atom. The van der Waals surface area contributed by atoms with Crippen molar-refractivity contribution in [3.63, 3.8) is 0 Å². The van der Waals surface area contributed by atoms with E-state index in [0.29, 0.717) is 48.7 Å². The maximum absolute atomic E-state index is 13.6. The molecule has 0 atom stereocenters. The lowest BCUT2D eigenvalue weighted by Crippen LogP contribution is -2.36. The maximum Gasteiger partial charge on any atom is 0.269 e. The lowest BCUT2D eigenvalue weighted by atomic mass is 9.88. The van der Waals surface area contributed by atoms with Gasteiger partial charge in [-0.2, -0.15) is 5.10 Å². The summed E-state index contributed by atoms with van der Waals surface area (Å²) in [6, 6.07) is 13.5. The maximum atomic E-state index is 13.6. The second-order valence-electron chi connectivity index (χ2n) is 9.71. The molecule has 1 aliphatic carbocycles. The van der Waals surface area contributed by atoms with Crippen molar-refractivity contribution in [2.75, 3.05) is 36.5 Å². The van der Waals surface area contributed by atoms with Crippen LogP contribution in [0.3, 0.4) is 0 Å². The quantitative estimate of drug-likeness (QED) is 0.410. The molecule has 6 rings (SSSR count). The fourth-order valence-electron chi connectivity index (χ4n) is 5.23. The minimum Gasteiger partial charge on any atom is -0.378 e. The van der Waals surface area contributed by atoms with Crippen molar-refractivity contribution in [2.24, 2.45) is 5.73 Å². The molecule has 39 heavy (non-hydrogen) atoms. The third kappa shape index (κ3) is 4.63. The fraction of sp³-hybridized carbons (Fsp3) is 0.241. The van der Waals surface area contributed by atoms with E-state index in [0.717, 1.165) is 41.2 Å². The molecule has 1 saturated heterocycles. The summed E-state index contributed by atoms with van der Waals surface area (Å²) in [6.45, 7) is 4.74. The number of pyridine rings is 1. The highest BCUT2D eigenvalue weighted by Gasteiger charge is 2.28. The van der Waals surface area contributed by atoms with Crippen molar-refractivity contribution in [1.29, 1.82) is 0 Å². The van der Waals surface area contributed by atoms with Gasteiger partial charge in [0.05, 0.1) is 30.2 Å². The number of aryl methyl sites for hydroxylation is 2. The average Bonchev–Trinajstić information content (AvgIpc) is 3.34. The molecule has 0 saturated carbocycles. The molecular formula is C29H27FN6O3. The van der Waals surface area contributed by atoms with E-state index in [-0.39, 0.29) is 17.4 Å². The number of nitrogens with one attached hydrogen (secondary N) is 1. The number of halogens is 1. The number of aromatic nitrogens is 3. The summed E-state index contributed by atoms with van der Waals surface area (Å²) in [5, 5.41) is 7.49. The number of carbonyl (C=O) groups is 2. The first-order valence-electron chi connectivity index (χ1n) is 12.8. The Kier molecular flexibility index (Phi) is 6.32. The van der Waals surface area contributed by atoms with Crippen molar-refractivity contribution >= 4 is 23.3 Å². The zero-order chi connectivity index (χ0) is 27.1. The van der Waals surface area contributed by atoms with E-state index >= 15 is 0 Å². The number of benzene rings is 2. The topological polar surface area (TPSA) is 115 Å². The predicted molar refractivity (Wildman–Crippen MR) is 145 cm³/mol. The number of anilines is 2. The zero-order valence-electron chi connectivity index (χ0n) is 21.4. The lowest BCUT2D eigenvalue weighted by Gasteiger charge is -2.28. The number of carbonyl (C=O) groups excluding carboxylic acids is 2. The predicted octanol–water partition coefficient (Wildman–Crippen LogP) is 3.67. The third-order valence-corrected chi connectivity index (χ3v) is 7.23. The van der Waals surface area contributed by atoms with Crippen LogP contribution in [0.5, 0.6) is 0 Å². The molecule has 0 radical (unpaired) electrons. The number of primary amides is 1. The highest BCUT2D eigenvalue weighted by Crippen LogP contribution is 2.38. The van der Waals surface area contributed by atoms with Crippen LogP contribution >= 0.6 is 0 Å². The van der Waals surface area contributed by atoms with Gasteiger partial charge >= 0.3 is 0 Å². The van der Waals surface area contributed by atoms with Gasteiger partial charge in [0.1, 0.15) is 11.6 Å². The molecule has 3 N–H and O–H groups in total. The molecule has 2 aromatic carbocycles. The minimum atomic E-state index is -0.622. The lowest BCUT2D eigenvalue weighted by molar-refractivity contribution is 0.0992. The highest BCUT2D eigenvalue weighted by atomic mass is 19.1. The summed E-state index contributed by atoms with van der Waals surface area (Å²) in [7, 11) is 0. The summed E-state index contributed by atoms with van der Waals surface area (Å²) >= 11 is 0. The van der Waals surface area contributed by atoms with Gasteiger partial charge in [-0.25, -0.2) is 14.1 Å². The van der Waals surface area contributed by atoms with Crippen molar-refractivity contribution in [3.05, 3.63) is 88.5 Å². The summed E-state index contributed by atoms with van der Waals surface area (Å²) in [4.78, 5) is 32.1. The highest BCUT2D eigenvalue weighted by molar-refractivity contribution is 6.05. The first-order chi connectivity index (χ1) is 18.9. The fourth-order valence-corrected chi connectivity index (χ4v) is 5.23. The molecule has 3 heterocycles. The van der Waals surface area contributed by atoms with Crippen LogP contribution in [0.1, 0.15) is 37.5 Å². The number of amides is 2. The van der Waals surface area contributed by atoms with E-state index in [2.05, 4.69) is 20.3 Å². The molecule has 4 aromatic rings. The van der Waals surface area contributed by atoms with Gasteiger partial charge in [-0.3, -0.25) is 9.59 Å². The summed E-state index contributed by atoms with van der Waals surface area (Å²) in [6.07, 6.45) is 2.89. The molecular weight excluding hydrogens is 499 g/mol. The van der Waals surface area contributed by atoms with Gasteiger partial charge in [0.25, 0.3) is 11.8 Å². The van der Waals surface area contributed by atoms with E-state index in [9.17, 15) is 14.0 Å². The minimum absolute atomic E-state index is 0.191. The van der Waals surface area contributed by atoms with Crippen molar-refractivity contribution in [3.8, 4) is 16.9 Å². The van der Waals surface area contributed by atoms with E-state index in [1.54, 1.807) is 23.0 Å². The van der Waals surface area contributed by atoms with Crippen LogP contribution in [0.4, 0.5) is 15.9 Å². The van der Waals surface area contributed by atoms with Gasteiger partial charge in [0.2, 0.25) is 0 Å². The number of hydrogen-bond acceptors (Lipinski definition) is 6. The molecule has 0 bridgehead atoms. The van der Waals surface area contributed by atoms with Crippen LogP contribution in [0, 0.1) is 12.7 Å². The molecule has 2 aromatic heterocycles. The number of hydrogen-bond donors (Lipinski definition) is 2. The van der Waals surface area contributed by atoms with Gasteiger partial charge in [0.15, 0.2) is 5.69 Å². The number of nitrogens with zero attached hydrogens (tertiary/aromatic N) is 4. The summed E-state index contributed by atoms with van der Waals surface area (Å²) in [5.74, 6) is -0.436. The second-order valence-corrected chi connectivity index (χ2v) is 9.71. The van der Waals surface area contributed by atoms with E-state index < -0.39 is 5.91 Å². The van der Waals surface area contributed by atoms with Crippen LogP contribution in [0.25, 0.3) is 16.9 Å². The van der Waals surface area contributed by atoms with Crippen LogP contribution < -0.4 is 16.0 Å². The van der Waals surface area contributed by atoms with Crippen LogP contribution in [-0.2, 0) is 17.6 Å². The van der Waals surface area contributed by atoms with E-state index in [1.807, 2.05) is 31.2 Å². The van der Waals surface area contributed by atoms with Gasteiger partial charge in [0, 0.05) is 36.1 Å². The van der Waals surface area contributed by atoms with E-state index in [1.165, 1.54) is 12.1 Å². The first kappa shape index (κ1) is 24.7. The largest absolute Gasteiger partial charge is 0.378 e. The smallest absolute Gasteiger partial charge is 0.269 e. The summed E-state index contributed by atoms with van der Waals surface area (Å²) in [5.41, 5.74) is 11.7. The Balaban J connectivity index is 1.33. The third-order valence-electron chi connectivity index (χ3n) is 7.23. The molecule has 9 nitrogen and oxygen atoms in total. The molecule has 2 amide bonds. The van der Waals surface area contributed by atoms with Gasteiger partial charge in [-0.15, -0.1) is 0 Å². The molecule has 0 unspecified atom stereocenters. The molecule has 1 fully saturated rings. The Labute approximate surface area is 224 Å². The van der Waals surface area contributed by atoms with Gasteiger partial charge < -0.3 is 20.7 Å². The molecule has 0 spiro atoms. The molecule has 2 aliphatic rings. The van der Waals surface area contributed by atoms with Gasteiger partial charge in [-0.05, 0) is 73.4 Å². The monoisotopic (exact) mass is 526 g/mol. The average molecular weight is 527 g/mol. The van der Waals surface area contributed by atoms with Gasteiger partial charge in [-0.1, -0.05) is 6.07 Å². The van der Waals surface area contributed by atoms with Crippen LogP contribution in [0.15, 0.2) is 54.7 Å². The SMILES string of the molecule is Cc1cc(N2CCOCC2)ncc1C(=O)Nc1ccc2c(c1)-c1c(c(C(N)=O)nn1-c1ccc(F)cc1)CC2. The standard InChI is InChI=1S/C29H27FN6O3/c1-17-14-25(35-10-12-39-13-11-35)32-16-24(17)29(38)33-20-6-2-18-3-9-22-26(28(31)37)34-36(27(22)23(18)15-20)21-7-4-19(30)5-8-21/h2,4-8,14-16H,3,9-13H2,1H3,(H2,31,37)(H,33,38). The number of rotatable bonds is 5. The second kappa shape index (κ2) is 9.95. The first-order valence-corrected chi connectivity index (χ1v) is 12.8. The van der Waals surface area contributed by atoms with Crippen molar-refractivity contribution in [2.45, 2.75) is 19.8 Å². The zero-order valence-corrected chi connectivity index (χ0v) is 21.4. The number of fused-ring (bicyclic) bond motifs is 3. The number of ether oxygens (including phenoxy) is 1. The molecule has 1 aliphatic heterocycles. The van der Waals surface area contributed by atoms with Crippen LogP contribution in [-0.4, -0.2) is 52.9 Å². The number of morpholine rings is 1.